The molecule has 315 valence electrons. The van der Waals surface area contributed by atoms with E-state index in [1.54, 1.807) is 15.7 Å². The fourth-order valence-electron chi connectivity index (χ4n) is 8.07. The van der Waals surface area contributed by atoms with Crippen LogP contribution in [0.15, 0.2) is 128 Å². The van der Waals surface area contributed by atoms with Crippen LogP contribution in [0.3, 0.4) is 0 Å². The summed E-state index contributed by atoms with van der Waals surface area (Å²) < 4.78 is 5.19. The number of aromatic nitrogens is 3. The molecule has 5 aromatic carbocycles. The van der Waals surface area contributed by atoms with Crippen molar-refractivity contribution in [1.29, 1.82) is 0 Å². The van der Waals surface area contributed by atoms with Gasteiger partial charge in [-0.15, -0.1) is 5.39 Å². The van der Waals surface area contributed by atoms with Crippen molar-refractivity contribution in [1.82, 2.24) is 14.5 Å². The Morgan fingerprint density at radius 3 is 2.08 bits per heavy atom. The molecule has 0 spiro atoms. The van der Waals surface area contributed by atoms with E-state index in [1.165, 1.54) is 54.7 Å². The van der Waals surface area contributed by atoms with Gasteiger partial charge in [-0.05, 0) is 83.3 Å². The monoisotopic (exact) mass is 1060 g/mol. The van der Waals surface area contributed by atoms with Crippen molar-refractivity contribution in [3.63, 3.8) is 0 Å². The zero-order valence-electron chi connectivity index (χ0n) is 37.6. The molecule has 1 radical (unpaired) electrons. The minimum absolute atomic E-state index is 0. The Bertz CT molecular complexity index is 2740. The summed E-state index contributed by atoms with van der Waals surface area (Å²) in [5, 5.41) is 4.87. The summed E-state index contributed by atoms with van der Waals surface area (Å²) in [7, 11) is 0. The number of benzene rings is 5. The molecule has 0 amide bonds. The van der Waals surface area contributed by atoms with Crippen LogP contribution in [0.25, 0.3) is 66.2 Å². The molecule has 0 saturated heterocycles. The first-order valence-electron chi connectivity index (χ1n) is 21.5. The van der Waals surface area contributed by atoms with Crippen molar-refractivity contribution < 1.29 is 20.1 Å². The third-order valence-corrected chi connectivity index (χ3v) is 16.6. The van der Waals surface area contributed by atoms with E-state index in [2.05, 4.69) is 198 Å². The van der Waals surface area contributed by atoms with Gasteiger partial charge >= 0.3 is 126 Å². The third kappa shape index (κ3) is 10.1. The number of hydrogen-bond acceptors (Lipinski definition) is 3. The van der Waals surface area contributed by atoms with Crippen molar-refractivity contribution in [3.8, 4) is 39.5 Å². The van der Waals surface area contributed by atoms with Crippen LogP contribution < -0.4 is 4.40 Å². The molecule has 8 aromatic rings. The maximum atomic E-state index is 5.28. The molecule has 0 bridgehead atoms. The van der Waals surface area contributed by atoms with E-state index < -0.39 is 13.3 Å². The van der Waals surface area contributed by atoms with Gasteiger partial charge < -0.3 is 4.57 Å². The molecule has 0 fully saturated rings. The molecule has 3 nitrogen and oxygen atoms in total. The molecular weight excluding hydrogens is 1000 g/mol. The molecule has 0 atom stereocenters. The predicted molar refractivity (Wildman–Crippen MR) is 264 cm³/mol. The average molecular weight is 1060 g/mol. The van der Waals surface area contributed by atoms with E-state index in [4.69, 9.17) is 9.97 Å². The quantitative estimate of drug-likeness (QED) is 0.101. The van der Waals surface area contributed by atoms with Gasteiger partial charge in [-0.1, -0.05) is 110 Å². The van der Waals surface area contributed by atoms with Crippen molar-refractivity contribution in [2.24, 2.45) is 5.92 Å². The number of imidazole rings is 1. The molecule has 0 unspecified atom stereocenters. The number of thiophene rings is 1. The van der Waals surface area contributed by atoms with Gasteiger partial charge in [-0.2, -0.15) is 0 Å². The molecule has 0 aliphatic heterocycles. The average Bonchev–Trinajstić information content (AvgIpc) is 3.84. The summed E-state index contributed by atoms with van der Waals surface area (Å²) in [5.41, 5.74) is 15.8. The van der Waals surface area contributed by atoms with Crippen molar-refractivity contribution in [3.05, 3.63) is 161 Å². The van der Waals surface area contributed by atoms with E-state index in [-0.39, 0.29) is 20.1 Å². The van der Waals surface area contributed by atoms with Crippen LogP contribution >= 0.6 is 11.3 Å². The van der Waals surface area contributed by atoms with Crippen LogP contribution in [-0.4, -0.2) is 27.8 Å². The second-order valence-electron chi connectivity index (χ2n) is 18.1. The topological polar surface area (TPSA) is 30.7 Å². The Balaban J connectivity index is 0.000000250. The maximum Gasteiger partial charge on any atom is 0 e. The van der Waals surface area contributed by atoms with Gasteiger partial charge in [0.05, 0.1) is 16.9 Å². The number of nitrogens with zero attached hydrogens (tertiary/aromatic N) is 3. The number of allylic oxidation sites excluding steroid dienone is 2. The zero-order valence-corrected chi connectivity index (χ0v) is 43.0. The first kappa shape index (κ1) is 46.1. The molecule has 0 aliphatic carbocycles. The Hall–Kier alpha value is -4.39. The van der Waals surface area contributed by atoms with Crippen LogP contribution in [0.1, 0.15) is 89.5 Å². The van der Waals surface area contributed by atoms with E-state index in [1.807, 2.05) is 18.2 Å². The third-order valence-electron chi connectivity index (χ3n) is 11.3. The summed E-state index contributed by atoms with van der Waals surface area (Å²) >= 11 is -0.184. The molecule has 0 aliphatic rings. The van der Waals surface area contributed by atoms with Crippen LogP contribution in [0, 0.1) is 17.4 Å². The minimum Gasteiger partial charge on any atom is 0 e. The molecule has 6 heteroatoms. The number of rotatable bonds is 10. The normalized spacial score (nSPS) is 12.0. The summed E-state index contributed by atoms with van der Waals surface area (Å²) in [6.45, 7) is 18.0. The van der Waals surface area contributed by atoms with Gasteiger partial charge in [0.1, 0.15) is 0 Å². The fourth-order valence-corrected chi connectivity index (χ4v) is 12.2. The molecule has 0 N–H and O–H groups in total. The van der Waals surface area contributed by atoms with Crippen LogP contribution in [-0.2, 0) is 26.5 Å². The Morgan fingerprint density at radius 2 is 1.46 bits per heavy atom. The van der Waals surface area contributed by atoms with E-state index in [9.17, 15) is 0 Å². The number of para-hydroxylation sites is 2. The molecule has 61 heavy (non-hydrogen) atoms. The van der Waals surface area contributed by atoms with Crippen molar-refractivity contribution in [2.45, 2.75) is 90.9 Å². The molecule has 3 heterocycles. The van der Waals surface area contributed by atoms with E-state index >= 15 is 0 Å². The second kappa shape index (κ2) is 19.8. The van der Waals surface area contributed by atoms with Gasteiger partial charge in [0.2, 0.25) is 0 Å². The van der Waals surface area contributed by atoms with Gasteiger partial charge in [-0.25, -0.2) is 0 Å². The summed E-state index contributed by atoms with van der Waals surface area (Å²) in [4.78, 5) is 9.98. The fraction of sp³-hybridized carbons (Fsp3) is 0.273. The largest absolute Gasteiger partial charge is 0 e. The van der Waals surface area contributed by atoms with Gasteiger partial charge in [0.15, 0.2) is 0 Å². The van der Waals surface area contributed by atoms with Crippen LogP contribution in [0.4, 0.5) is 0 Å². The summed E-state index contributed by atoms with van der Waals surface area (Å²) in [5.74, 6) is 9.61. The van der Waals surface area contributed by atoms with Gasteiger partial charge in [-0.3, -0.25) is 16.3 Å². The van der Waals surface area contributed by atoms with Crippen molar-refractivity contribution >= 4 is 55.7 Å². The molecular formula is C55H59GeIrN3S-2. The van der Waals surface area contributed by atoms with E-state index in [0.29, 0.717) is 17.8 Å². The van der Waals surface area contributed by atoms with Crippen molar-refractivity contribution in [2.75, 3.05) is 0 Å². The number of fused-ring (bicyclic) bond motifs is 2. The number of hydrogen-bond donors (Lipinski definition) is 0. The van der Waals surface area contributed by atoms with E-state index in [0.717, 1.165) is 40.1 Å². The number of pyridine rings is 1. The first-order valence-corrected chi connectivity index (χ1v) is 29.7. The summed E-state index contributed by atoms with van der Waals surface area (Å²) in [6, 6.07) is 44.4. The zero-order chi connectivity index (χ0) is 42.7. The Morgan fingerprint density at radius 1 is 0.787 bits per heavy atom. The Labute approximate surface area is 385 Å². The van der Waals surface area contributed by atoms with Gasteiger partial charge in [0.25, 0.3) is 0 Å². The minimum atomic E-state index is -1.86. The smallest absolute Gasteiger partial charge is 0 e. The molecule has 3 aromatic heterocycles. The second-order valence-corrected chi connectivity index (χ2v) is 29.5. The Kier molecular flexibility index (Phi) is 14.9. The molecule has 0 saturated carbocycles. The summed E-state index contributed by atoms with van der Waals surface area (Å²) in [6.07, 6.45) is 5.44. The SMILES string of the molecule is C/C=C(/C)c1ccc2s[c-]c(-c3nc4ccccc4n3-c3c(C(C)C)cc(-c4ccccc4)cc3C(C)C)c2c1.CC(C)Cc1cc(-c2[c-]cccc2)nc[c]1[Ge]([CH3])([CH3])[CH3].[Ir]. The van der Waals surface area contributed by atoms with Gasteiger partial charge in [0, 0.05) is 25.8 Å². The maximum absolute atomic E-state index is 5.28. The van der Waals surface area contributed by atoms with Crippen LogP contribution in [0.5, 0.6) is 0 Å². The molecule has 8 rings (SSSR count). The predicted octanol–water partition coefficient (Wildman–Crippen LogP) is 15.3. The standard InChI is InChI=1S/C37H35N2S.C18H24GeN.Ir/c1-7-25(6)27-17-18-35-31(19-27)32(22-40-35)37-38-33-15-11-12-16-34(33)39(37)36-29(23(2)3)20-28(21-30(36)24(4)5)26-13-9-8-10-14-26;1-14(2)11-16-12-18(15-9-7-6-8-10-15)20-13-17(16)19(3,4)5;/h7-21,23-24H,1-6H3;6-9,12-14H,11H2,1-5H3;/q2*-1;/b25-7-;;. The van der Waals surface area contributed by atoms with Crippen LogP contribution in [0.2, 0.25) is 17.3 Å². The first-order chi connectivity index (χ1) is 28.7.